The van der Waals surface area contributed by atoms with E-state index in [2.05, 4.69) is 0 Å². The van der Waals surface area contributed by atoms with Crippen LogP contribution in [0.1, 0.15) is 47.8 Å². The summed E-state index contributed by atoms with van der Waals surface area (Å²) in [5.41, 5.74) is 3.73. The van der Waals surface area contributed by atoms with E-state index >= 15 is 0 Å². The fourth-order valence-corrected chi connectivity index (χ4v) is 3.24. The molecule has 0 spiro atoms. The number of carbonyl (C=O) groups excluding carboxylic acids is 3. The second-order valence-electron chi connectivity index (χ2n) is 6.18. The van der Waals surface area contributed by atoms with E-state index in [1.54, 1.807) is 6.07 Å². The summed E-state index contributed by atoms with van der Waals surface area (Å²) in [6, 6.07) is 6.44. The molecule has 0 saturated carbocycles. The van der Waals surface area contributed by atoms with E-state index in [1.165, 1.54) is 12.1 Å². The number of fused-ring (bicyclic) bond motifs is 1. The fourth-order valence-electron chi connectivity index (χ4n) is 2.92. The van der Waals surface area contributed by atoms with Crippen LogP contribution >= 0.6 is 23.2 Å². The number of amides is 2. The van der Waals surface area contributed by atoms with E-state index in [0.29, 0.717) is 5.56 Å². The zero-order valence-electron chi connectivity index (χ0n) is 13.9. The first-order valence-corrected chi connectivity index (χ1v) is 8.42. The minimum absolute atomic E-state index is 0.170. The Morgan fingerprint density at radius 3 is 1.84 bits per heavy atom. The van der Waals surface area contributed by atoms with Gasteiger partial charge in [-0.1, -0.05) is 29.3 Å². The molecule has 2 amide bonds. The maximum absolute atomic E-state index is 12.7. The van der Waals surface area contributed by atoms with Gasteiger partial charge in [0, 0.05) is 5.56 Å². The lowest BCUT2D eigenvalue weighted by Gasteiger charge is -2.15. The summed E-state index contributed by atoms with van der Waals surface area (Å²) in [6.07, 6.45) is 0. The fraction of sp³-hybridized carbons (Fsp3) is 0.211. The number of imide groups is 1. The largest absolute Gasteiger partial charge is 0.292 e. The summed E-state index contributed by atoms with van der Waals surface area (Å²) in [5.74, 6) is -1.35. The third-order valence-corrected chi connectivity index (χ3v) is 5.18. The molecular formula is C19H15Cl2NO3. The number of benzene rings is 2. The average Bonchev–Trinajstić information content (AvgIpc) is 2.76. The van der Waals surface area contributed by atoms with Crippen molar-refractivity contribution in [1.82, 2.24) is 4.90 Å². The van der Waals surface area contributed by atoms with Crippen LogP contribution in [0.2, 0.25) is 10.0 Å². The van der Waals surface area contributed by atoms with Crippen LogP contribution in [-0.4, -0.2) is 29.0 Å². The Kier molecular flexibility index (Phi) is 4.43. The third-order valence-electron chi connectivity index (χ3n) is 4.45. The molecule has 4 nitrogen and oxygen atoms in total. The molecule has 1 aliphatic rings. The van der Waals surface area contributed by atoms with Gasteiger partial charge in [-0.05, 0) is 55.7 Å². The average molecular weight is 376 g/mol. The zero-order chi connectivity index (χ0) is 18.5. The molecule has 2 aromatic rings. The normalized spacial score (nSPS) is 13.4. The van der Waals surface area contributed by atoms with Gasteiger partial charge >= 0.3 is 0 Å². The van der Waals surface area contributed by atoms with Gasteiger partial charge < -0.3 is 0 Å². The quantitative estimate of drug-likeness (QED) is 0.590. The van der Waals surface area contributed by atoms with Crippen LogP contribution < -0.4 is 0 Å². The first-order chi connectivity index (χ1) is 11.7. The second kappa shape index (κ2) is 6.28. The highest BCUT2D eigenvalue weighted by Gasteiger charge is 2.37. The number of rotatable bonds is 3. The molecule has 0 bridgehead atoms. The highest BCUT2D eigenvalue weighted by Crippen LogP contribution is 2.31. The molecular weight excluding hydrogens is 361 g/mol. The van der Waals surface area contributed by atoms with Gasteiger partial charge in [-0.2, -0.15) is 0 Å². The van der Waals surface area contributed by atoms with Crippen molar-refractivity contribution in [1.29, 1.82) is 0 Å². The van der Waals surface area contributed by atoms with Crippen molar-refractivity contribution in [2.45, 2.75) is 20.8 Å². The zero-order valence-corrected chi connectivity index (χ0v) is 15.5. The Balaban J connectivity index is 1.92. The second-order valence-corrected chi connectivity index (χ2v) is 7.00. The van der Waals surface area contributed by atoms with Gasteiger partial charge in [-0.25, -0.2) is 0 Å². The van der Waals surface area contributed by atoms with Crippen LogP contribution in [0.5, 0.6) is 0 Å². The third kappa shape index (κ3) is 2.96. The highest BCUT2D eigenvalue weighted by molar-refractivity contribution is 6.43. The van der Waals surface area contributed by atoms with Gasteiger partial charge in [-0.3, -0.25) is 19.3 Å². The first-order valence-electron chi connectivity index (χ1n) is 7.67. The molecule has 1 aliphatic heterocycles. The Hall–Kier alpha value is -2.17. The van der Waals surface area contributed by atoms with Crippen molar-refractivity contribution >= 4 is 40.8 Å². The van der Waals surface area contributed by atoms with E-state index < -0.39 is 11.8 Å². The number of aryl methyl sites for hydroxylation is 3. The molecule has 2 aromatic carbocycles. The first kappa shape index (κ1) is 17.6. The number of carbonyl (C=O) groups is 3. The van der Waals surface area contributed by atoms with Crippen LogP contribution in [0.3, 0.4) is 0 Å². The van der Waals surface area contributed by atoms with Crippen molar-refractivity contribution in [3.63, 3.8) is 0 Å². The summed E-state index contributed by atoms with van der Waals surface area (Å²) in [5, 5.41) is 0.388. The molecule has 0 aromatic heterocycles. The molecule has 0 atom stereocenters. The Morgan fingerprint density at radius 2 is 1.32 bits per heavy atom. The number of halogens is 2. The standard InChI is InChI=1S/C19H15Cl2NO3/c1-9-4-11(3)12(5-10(9)2)17(23)8-22-18(24)13-6-15(20)16(21)7-14(13)19(22)25/h4-7H,8H2,1-3H3. The van der Waals surface area contributed by atoms with Crippen molar-refractivity contribution in [3.05, 3.63) is 67.7 Å². The predicted octanol–water partition coefficient (Wildman–Crippen LogP) is 4.40. The predicted molar refractivity (Wildman–Crippen MR) is 96.8 cm³/mol. The van der Waals surface area contributed by atoms with E-state index in [9.17, 15) is 14.4 Å². The lowest BCUT2D eigenvalue weighted by atomic mass is 9.98. The number of hydrogen-bond donors (Lipinski definition) is 0. The van der Waals surface area contributed by atoms with E-state index in [-0.39, 0.29) is 33.5 Å². The Morgan fingerprint density at radius 1 is 0.840 bits per heavy atom. The lowest BCUT2D eigenvalue weighted by molar-refractivity contribution is 0.0624. The van der Waals surface area contributed by atoms with Gasteiger partial charge in [0.1, 0.15) is 0 Å². The van der Waals surface area contributed by atoms with E-state index in [0.717, 1.165) is 21.6 Å². The maximum atomic E-state index is 12.7. The molecule has 0 unspecified atom stereocenters. The van der Waals surface area contributed by atoms with Crippen molar-refractivity contribution in [3.8, 4) is 0 Å². The SMILES string of the molecule is Cc1cc(C)c(C(=O)CN2C(=O)c3cc(Cl)c(Cl)cc3C2=O)cc1C. The van der Waals surface area contributed by atoms with Gasteiger partial charge in [0.2, 0.25) is 0 Å². The molecule has 3 rings (SSSR count). The minimum atomic E-state index is -0.534. The smallest absolute Gasteiger partial charge is 0.262 e. The molecule has 0 saturated heterocycles. The van der Waals surface area contributed by atoms with Crippen LogP contribution in [0.25, 0.3) is 0 Å². The monoisotopic (exact) mass is 375 g/mol. The molecule has 0 aliphatic carbocycles. The molecule has 1 heterocycles. The van der Waals surface area contributed by atoms with Gasteiger partial charge in [0.25, 0.3) is 11.8 Å². The Bertz CT molecular complexity index is 909. The van der Waals surface area contributed by atoms with Crippen molar-refractivity contribution in [2.75, 3.05) is 6.54 Å². The highest BCUT2D eigenvalue weighted by atomic mass is 35.5. The molecule has 6 heteroatoms. The summed E-state index contributed by atoms with van der Waals surface area (Å²) in [6.45, 7) is 5.40. The van der Waals surface area contributed by atoms with Crippen LogP contribution in [-0.2, 0) is 0 Å². The Labute approximate surface area is 155 Å². The molecule has 0 fully saturated rings. The number of nitrogens with zero attached hydrogens (tertiary/aromatic N) is 1. The van der Waals surface area contributed by atoms with Crippen molar-refractivity contribution in [2.24, 2.45) is 0 Å². The summed E-state index contributed by atoms with van der Waals surface area (Å²) in [7, 11) is 0. The lowest BCUT2D eigenvalue weighted by Crippen LogP contribution is -2.35. The summed E-state index contributed by atoms with van der Waals surface area (Å²) in [4.78, 5) is 38.6. The topological polar surface area (TPSA) is 54.5 Å². The van der Waals surface area contributed by atoms with Crippen LogP contribution in [0.4, 0.5) is 0 Å². The number of ketones is 1. The van der Waals surface area contributed by atoms with E-state index in [4.69, 9.17) is 23.2 Å². The molecule has 0 radical (unpaired) electrons. The minimum Gasteiger partial charge on any atom is -0.292 e. The van der Waals surface area contributed by atoms with Crippen LogP contribution in [0.15, 0.2) is 24.3 Å². The molecule has 25 heavy (non-hydrogen) atoms. The number of hydrogen-bond acceptors (Lipinski definition) is 3. The maximum Gasteiger partial charge on any atom is 0.262 e. The van der Waals surface area contributed by atoms with Gasteiger partial charge in [-0.15, -0.1) is 0 Å². The number of Topliss-reactive ketones (excluding diaryl/α,β-unsaturated/α-hetero) is 1. The molecule has 128 valence electrons. The van der Waals surface area contributed by atoms with Crippen molar-refractivity contribution < 1.29 is 14.4 Å². The summed E-state index contributed by atoms with van der Waals surface area (Å²) >= 11 is 11.9. The summed E-state index contributed by atoms with van der Waals surface area (Å²) < 4.78 is 0. The van der Waals surface area contributed by atoms with E-state index in [1.807, 2.05) is 26.8 Å². The van der Waals surface area contributed by atoms with Gasteiger partial charge in [0.15, 0.2) is 5.78 Å². The molecule has 0 N–H and O–H groups in total. The van der Waals surface area contributed by atoms with Crippen LogP contribution in [0, 0.1) is 20.8 Å². The van der Waals surface area contributed by atoms with Gasteiger partial charge in [0.05, 0.1) is 27.7 Å².